The first-order valence-electron chi connectivity index (χ1n) is 9.12. The molecule has 3 aromatic carbocycles. The highest BCUT2D eigenvalue weighted by Crippen LogP contribution is 2.26. The lowest BCUT2D eigenvalue weighted by molar-refractivity contribution is 0.104. The Labute approximate surface area is 179 Å². The van der Waals surface area contributed by atoms with Crippen molar-refractivity contribution < 1.29 is 23.4 Å². The Morgan fingerprint density at radius 3 is 2.50 bits per heavy atom. The normalized spacial score (nSPS) is 10.8. The van der Waals surface area contributed by atoms with Gasteiger partial charge in [0.2, 0.25) is 0 Å². The zero-order valence-corrected chi connectivity index (χ0v) is 17.3. The quantitative estimate of drug-likeness (QED) is 0.329. The average molecular weight is 427 g/mol. The van der Waals surface area contributed by atoms with Gasteiger partial charge in [0, 0.05) is 11.6 Å². The SMILES string of the molecule is COc1ccc(/C=C/C(=O)c2ccccc2OC)cc1COc1ccc(F)c(Cl)c1. The van der Waals surface area contributed by atoms with Crippen LogP contribution in [0.5, 0.6) is 17.2 Å². The summed E-state index contributed by atoms with van der Waals surface area (Å²) in [5.74, 6) is 0.927. The molecule has 0 N–H and O–H groups in total. The molecule has 30 heavy (non-hydrogen) atoms. The molecule has 0 spiro atoms. The summed E-state index contributed by atoms with van der Waals surface area (Å²) in [6.07, 6.45) is 3.20. The Kier molecular flexibility index (Phi) is 7.09. The summed E-state index contributed by atoms with van der Waals surface area (Å²) < 4.78 is 29.6. The van der Waals surface area contributed by atoms with Gasteiger partial charge >= 0.3 is 0 Å². The highest BCUT2D eigenvalue weighted by atomic mass is 35.5. The Hall–Kier alpha value is -3.31. The van der Waals surface area contributed by atoms with Crippen molar-refractivity contribution in [3.8, 4) is 17.2 Å². The predicted molar refractivity (Wildman–Crippen MR) is 115 cm³/mol. The van der Waals surface area contributed by atoms with Crippen LogP contribution in [0.3, 0.4) is 0 Å². The van der Waals surface area contributed by atoms with Gasteiger partial charge in [0.25, 0.3) is 0 Å². The number of ketones is 1. The fraction of sp³-hybridized carbons (Fsp3) is 0.125. The number of carbonyl (C=O) groups excluding carboxylic acids is 1. The molecule has 0 aliphatic carbocycles. The van der Waals surface area contributed by atoms with Crippen molar-refractivity contribution in [3.05, 3.63) is 94.3 Å². The minimum Gasteiger partial charge on any atom is -0.496 e. The fourth-order valence-electron chi connectivity index (χ4n) is 2.85. The Balaban J connectivity index is 1.77. The second kappa shape index (κ2) is 9.94. The van der Waals surface area contributed by atoms with Crippen LogP contribution in [0.25, 0.3) is 6.08 Å². The maximum Gasteiger partial charge on any atom is 0.189 e. The van der Waals surface area contributed by atoms with E-state index in [2.05, 4.69) is 0 Å². The number of rotatable bonds is 8. The van der Waals surface area contributed by atoms with Crippen LogP contribution >= 0.6 is 11.6 Å². The molecule has 0 aliphatic rings. The van der Waals surface area contributed by atoms with Crippen molar-refractivity contribution >= 4 is 23.5 Å². The number of halogens is 2. The van der Waals surface area contributed by atoms with E-state index in [0.29, 0.717) is 22.8 Å². The number of carbonyl (C=O) groups is 1. The Morgan fingerprint density at radius 1 is 1.00 bits per heavy atom. The standard InChI is InChI=1S/C24H20ClFO4/c1-28-23-12-8-16(7-11-22(27)19-5-3-4-6-24(19)29-2)13-17(23)15-30-18-9-10-21(26)20(25)14-18/h3-14H,15H2,1-2H3/b11-7+. The average Bonchev–Trinajstić information content (AvgIpc) is 2.78. The zero-order chi connectivity index (χ0) is 21.5. The van der Waals surface area contributed by atoms with E-state index < -0.39 is 5.82 Å². The maximum atomic E-state index is 13.3. The number of hydrogen-bond acceptors (Lipinski definition) is 4. The van der Waals surface area contributed by atoms with Crippen molar-refractivity contribution in [2.24, 2.45) is 0 Å². The van der Waals surface area contributed by atoms with Crippen LogP contribution in [0, 0.1) is 5.82 Å². The summed E-state index contributed by atoms with van der Waals surface area (Å²) in [5.41, 5.74) is 2.06. The molecule has 0 bridgehead atoms. The van der Waals surface area contributed by atoms with Gasteiger partial charge in [-0.1, -0.05) is 35.9 Å². The zero-order valence-electron chi connectivity index (χ0n) is 16.5. The summed E-state index contributed by atoms with van der Waals surface area (Å²) in [4.78, 5) is 12.5. The summed E-state index contributed by atoms with van der Waals surface area (Å²) in [7, 11) is 3.09. The number of ether oxygens (including phenoxy) is 3. The Bertz CT molecular complexity index is 1080. The first-order chi connectivity index (χ1) is 14.5. The molecule has 0 saturated carbocycles. The van der Waals surface area contributed by atoms with Crippen LogP contribution in [0.15, 0.2) is 66.7 Å². The van der Waals surface area contributed by atoms with E-state index >= 15 is 0 Å². The first-order valence-corrected chi connectivity index (χ1v) is 9.50. The fourth-order valence-corrected chi connectivity index (χ4v) is 3.02. The molecular weight excluding hydrogens is 407 g/mol. The molecule has 0 atom stereocenters. The number of hydrogen-bond donors (Lipinski definition) is 0. The van der Waals surface area contributed by atoms with Crippen molar-refractivity contribution in [3.63, 3.8) is 0 Å². The third-order valence-corrected chi connectivity index (χ3v) is 4.68. The summed E-state index contributed by atoms with van der Waals surface area (Å²) in [6, 6.07) is 16.7. The third kappa shape index (κ3) is 5.19. The van der Waals surface area contributed by atoms with Gasteiger partial charge in [-0.25, -0.2) is 4.39 Å². The molecule has 0 radical (unpaired) electrons. The van der Waals surface area contributed by atoms with Crippen LogP contribution in [-0.2, 0) is 6.61 Å². The van der Waals surface area contributed by atoms with Crippen LogP contribution in [-0.4, -0.2) is 20.0 Å². The van der Waals surface area contributed by atoms with E-state index in [1.807, 2.05) is 18.2 Å². The molecule has 3 aromatic rings. The Morgan fingerprint density at radius 2 is 1.77 bits per heavy atom. The van der Waals surface area contributed by atoms with Crippen molar-refractivity contribution in [1.82, 2.24) is 0 Å². The molecule has 4 nitrogen and oxygen atoms in total. The molecule has 154 valence electrons. The highest BCUT2D eigenvalue weighted by molar-refractivity contribution is 6.30. The number of allylic oxidation sites excluding steroid dienone is 1. The van der Waals surface area contributed by atoms with Gasteiger partial charge in [-0.2, -0.15) is 0 Å². The molecule has 0 amide bonds. The van der Waals surface area contributed by atoms with Crippen molar-refractivity contribution in [2.75, 3.05) is 14.2 Å². The van der Waals surface area contributed by atoms with Crippen LogP contribution in [0.1, 0.15) is 21.5 Å². The van der Waals surface area contributed by atoms with Crippen molar-refractivity contribution in [1.29, 1.82) is 0 Å². The van der Waals surface area contributed by atoms with Gasteiger partial charge in [-0.3, -0.25) is 4.79 Å². The van der Waals surface area contributed by atoms with Gasteiger partial charge < -0.3 is 14.2 Å². The number of benzene rings is 3. The lowest BCUT2D eigenvalue weighted by Crippen LogP contribution is -2.00. The third-order valence-electron chi connectivity index (χ3n) is 4.39. The van der Waals surface area contributed by atoms with Gasteiger partial charge in [0.1, 0.15) is 29.7 Å². The number of para-hydroxylation sites is 1. The summed E-state index contributed by atoms with van der Waals surface area (Å²) >= 11 is 5.79. The van der Waals surface area contributed by atoms with Gasteiger partial charge in [-0.15, -0.1) is 0 Å². The van der Waals surface area contributed by atoms with E-state index in [4.69, 9.17) is 25.8 Å². The van der Waals surface area contributed by atoms with Gasteiger partial charge in [0.15, 0.2) is 5.78 Å². The molecule has 3 rings (SSSR count). The summed E-state index contributed by atoms with van der Waals surface area (Å²) in [6.45, 7) is 0.188. The second-order valence-electron chi connectivity index (χ2n) is 6.33. The van der Waals surface area contributed by atoms with Crippen LogP contribution in [0.2, 0.25) is 5.02 Å². The predicted octanol–water partition coefficient (Wildman–Crippen LogP) is 5.97. The van der Waals surface area contributed by atoms with Gasteiger partial charge in [0.05, 0.1) is 24.8 Å². The maximum absolute atomic E-state index is 13.3. The molecule has 0 aromatic heterocycles. The molecule has 0 aliphatic heterocycles. The van der Waals surface area contributed by atoms with E-state index in [0.717, 1.165) is 11.1 Å². The summed E-state index contributed by atoms with van der Waals surface area (Å²) in [5, 5.41) is -0.00833. The molecule has 0 fully saturated rings. The number of methoxy groups -OCH3 is 2. The molecule has 0 saturated heterocycles. The smallest absolute Gasteiger partial charge is 0.189 e. The molecular formula is C24H20ClFO4. The topological polar surface area (TPSA) is 44.8 Å². The second-order valence-corrected chi connectivity index (χ2v) is 6.74. The van der Waals surface area contributed by atoms with E-state index in [9.17, 15) is 9.18 Å². The highest BCUT2D eigenvalue weighted by Gasteiger charge is 2.09. The minimum atomic E-state index is -0.506. The molecule has 0 heterocycles. The largest absolute Gasteiger partial charge is 0.496 e. The molecule has 0 unspecified atom stereocenters. The van der Waals surface area contributed by atoms with E-state index in [1.165, 1.54) is 31.4 Å². The monoisotopic (exact) mass is 426 g/mol. The van der Waals surface area contributed by atoms with Crippen molar-refractivity contribution in [2.45, 2.75) is 6.61 Å². The van der Waals surface area contributed by atoms with Crippen LogP contribution in [0.4, 0.5) is 4.39 Å². The van der Waals surface area contributed by atoms with Gasteiger partial charge in [-0.05, 0) is 48.0 Å². The van der Waals surface area contributed by atoms with E-state index in [1.54, 1.807) is 37.5 Å². The molecule has 6 heteroatoms. The lowest BCUT2D eigenvalue weighted by Gasteiger charge is -2.11. The van der Waals surface area contributed by atoms with Crippen LogP contribution < -0.4 is 14.2 Å². The van der Waals surface area contributed by atoms with E-state index in [-0.39, 0.29) is 17.4 Å². The lowest BCUT2D eigenvalue weighted by atomic mass is 10.1. The first kappa shape index (κ1) is 21.4. The minimum absolute atomic E-state index is 0.00833.